The summed E-state index contributed by atoms with van der Waals surface area (Å²) in [6.07, 6.45) is 1.36. The molecule has 0 saturated heterocycles. The van der Waals surface area contributed by atoms with E-state index in [1.165, 1.54) is 11.0 Å². The molecule has 2 amide bonds. The standard InChI is InChI=1S/C22H27Cl2N3O4S/c1-4-20(22(29)25-5-2)26(14-16-9-6-7-12-19(16)24)21(28)15-27(32(3,30)31)18-11-8-10-17(23)13-18/h6-13,20H,4-5,14-15H2,1-3H3,(H,25,29). The third kappa shape index (κ3) is 6.85. The molecule has 2 rings (SSSR count). The number of anilines is 1. The van der Waals surface area contributed by atoms with E-state index in [0.717, 1.165) is 10.6 Å². The van der Waals surface area contributed by atoms with Gasteiger partial charge in [-0.1, -0.05) is 54.4 Å². The molecule has 0 aromatic heterocycles. The highest BCUT2D eigenvalue weighted by Crippen LogP contribution is 2.24. The molecule has 0 fully saturated rings. The molecule has 2 aromatic rings. The lowest BCUT2D eigenvalue weighted by molar-refractivity contribution is -0.140. The van der Waals surface area contributed by atoms with Crippen LogP contribution in [0.4, 0.5) is 5.69 Å². The number of carbonyl (C=O) groups excluding carboxylic acids is 2. The number of benzene rings is 2. The van der Waals surface area contributed by atoms with Gasteiger partial charge in [0.1, 0.15) is 12.6 Å². The van der Waals surface area contributed by atoms with Crippen molar-refractivity contribution in [1.82, 2.24) is 10.2 Å². The third-order valence-electron chi connectivity index (χ3n) is 4.81. The minimum absolute atomic E-state index is 0.0568. The van der Waals surface area contributed by atoms with Gasteiger partial charge in [-0.2, -0.15) is 0 Å². The van der Waals surface area contributed by atoms with Crippen LogP contribution >= 0.6 is 23.2 Å². The topological polar surface area (TPSA) is 86.8 Å². The molecule has 0 heterocycles. The second-order valence-corrected chi connectivity index (χ2v) is 9.93. The van der Waals surface area contributed by atoms with E-state index in [9.17, 15) is 18.0 Å². The van der Waals surface area contributed by atoms with Crippen molar-refractivity contribution < 1.29 is 18.0 Å². The molecule has 0 saturated carbocycles. The number of likely N-dealkylation sites (N-methyl/N-ethyl adjacent to an activating group) is 1. The molecule has 32 heavy (non-hydrogen) atoms. The maximum Gasteiger partial charge on any atom is 0.244 e. The van der Waals surface area contributed by atoms with Crippen LogP contribution in [0.15, 0.2) is 48.5 Å². The molecular weight excluding hydrogens is 473 g/mol. The molecule has 10 heteroatoms. The molecule has 0 aliphatic carbocycles. The van der Waals surface area contributed by atoms with Gasteiger partial charge in [0, 0.05) is 23.1 Å². The van der Waals surface area contributed by atoms with Crippen molar-refractivity contribution in [1.29, 1.82) is 0 Å². The number of amides is 2. The molecule has 0 aliphatic rings. The molecule has 1 N–H and O–H groups in total. The quantitative estimate of drug-likeness (QED) is 0.539. The Morgan fingerprint density at radius 3 is 2.31 bits per heavy atom. The van der Waals surface area contributed by atoms with Gasteiger partial charge in [-0.25, -0.2) is 8.42 Å². The Kier molecular flexibility index (Phi) is 9.36. The maximum atomic E-state index is 13.4. The third-order valence-corrected chi connectivity index (χ3v) is 6.56. The number of nitrogens with one attached hydrogen (secondary N) is 1. The first-order valence-electron chi connectivity index (χ1n) is 10.1. The first-order chi connectivity index (χ1) is 15.1. The van der Waals surface area contributed by atoms with Gasteiger partial charge >= 0.3 is 0 Å². The molecule has 0 radical (unpaired) electrons. The van der Waals surface area contributed by atoms with E-state index in [4.69, 9.17) is 23.2 Å². The molecule has 0 spiro atoms. The molecule has 0 aliphatic heterocycles. The minimum atomic E-state index is -3.81. The van der Waals surface area contributed by atoms with E-state index >= 15 is 0 Å². The summed E-state index contributed by atoms with van der Waals surface area (Å²) < 4.78 is 26.0. The highest BCUT2D eigenvalue weighted by Gasteiger charge is 2.31. The fraction of sp³-hybridized carbons (Fsp3) is 0.364. The summed E-state index contributed by atoms with van der Waals surface area (Å²) in [6.45, 7) is 3.55. The van der Waals surface area contributed by atoms with Gasteiger partial charge in [0.2, 0.25) is 21.8 Å². The maximum absolute atomic E-state index is 13.4. The van der Waals surface area contributed by atoms with Gasteiger partial charge in [-0.3, -0.25) is 13.9 Å². The van der Waals surface area contributed by atoms with Crippen molar-refractivity contribution in [3.05, 3.63) is 64.1 Å². The Bertz CT molecular complexity index is 1060. The lowest BCUT2D eigenvalue weighted by Crippen LogP contribution is -2.52. The molecule has 2 aromatic carbocycles. The Hall–Kier alpha value is -2.29. The number of hydrogen-bond acceptors (Lipinski definition) is 4. The van der Waals surface area contributed by atoms with Crippen LogP contribution in [0, 0.1) is 0 Å². The van der Waals surface area contributed by atoms with E-state index < -0.39 is 28.5 Å². The van der Waals surface area contributed by atoms with Crippen molar-refractivity contribution in [2.75, 3.05) is 23.7 Å². The average Bonchev–Trinajstić information content (AvgIpc) is 2.72. The molecule has 174 valence electrons. The predicted octanol–water partition coefficient (Wildman–Crippen LogP) is 3.70. The van der Waals surface area contributed by atoms with Gasteiger partial charge in [-0.15, -0.1) is 0 Å². The van der Waals surface area contributed by atoms with Crippen LogP contribution < -0.4 is 9.62 Å². The van der Waals surface area contributed by atoms with E-state index in [2.05, 4.69) is 5.32 Å². The van der Waals surface area contributed by atoms with Crippen LogP contribution in [0.25, 0.3) is 0 Å². The number of hydrogen-bond donors (Lipinski definition) is 1. The number of sulfonamides is 1. The summed E-state index contributed by atoms with van der Waals surface area (Å²) in [6, 6.07) is 12.5. The summed E-state index contributed by atoms with van der Waals surface area (Å²) >= 11 is 12.3. The smallest absolute Gasteiger partial charge is 0.244 e. The highest BCUT2D eigenvalue weighted by atomic mass is 35.5. The van der Waals surface area contributed by atoms with E-state index in [1.807, 2.05) is 0 Å². The second kappa shape index (κ2) is 11.5. The van der Waals surface area contributed by atoms with E-state index in [1.54, 1.807) is 56.3 Å². The monoisotopic (exact) mass is 499 g/mol. The van der Waals surface area contributed by atoms with Crippen LogP contribution in [-0.4, -0.2) is 50.5 Å². The normalized spacial score (nSPS) is 12.2. The summed E-state index contributed by atoms with van der Waals surface area (Å²) in [7, 11) is -3.81. The van der Waals surface area contributed by atoms with Crippen LogP contribution in [0.2, 0.25) is 10.0 Å². The molecule has 1 unspecified atom stereocenters. The Morgan fingerprint density at radius 2 is 1.75 bits per heavy atom. The Labute approximate surface area is 199 Å². The molecule has 0 bridgehead atoms. The fourth-order valence-electron chi connectivity index (χ4n) is 3.27. The summed E-state index contributed by atoms with van der Waals surface area (Å²) in [5, 5.41) is 3.53. The van der Waals surface area contributed by atoms with Gasteiger partial charge in [0.15, 0.2) is 0 Å². The lowest BCUT2D eigenvalue weighted by atomic mass is 10.1. The number of halogens is 2. The van der Waals surface area contributed by atoms with Gasteiger partial charge < -0.3 is 10.2 Å². The number of rotatable bonds is 10. The average molecular weight is 500 g/mol. The Morgan fingerprint density at radius 1 is 1.06 bits per heavy atom. The van der Waals surface area contributed by atoms with Crippen molar-refractivity contribution in [2.24, 2.45) is 0 Å². The lowest BCUT2D eigenvalue weighted by Gasteiger charge is -2.33. The predicted molar refractivity (Wildman–Crippen MR) is 128 cm³/mol. The van der Waals surface area contributed by atoms with Crippen molar-refractivity contribution in [2.45, 2.75) is 32.9 Å². The first-order valence-corrected chi connectivity index (χ1v) is 12.7. The highest BCUT2D eigenvalue weighted by molar-refractivity contribution is 7.92. The van der Waals surface area contributed by atoms with Crippen LogP contribution in [0.3, 0.4) is 0 Å². The Balaban J connectivity index is 2.45. The van der Waals surface area contributed by atoms with E-state index in [0.29, 0.717) is 28.6 Å². The molecule has 1 atom stereocenters. The fourth-order valence-corrected chi connectivity index (χ4v) is 4.49. The first kappa shape index (κ1) is 26.0. The van der Waals surface area contributed by atoms with E-state index in [-0.39, 0.29) is 18.1 Å². The summed E-state index contributed by atoms with van der Waals surface area (Å²) in [5.41, 5.74) is 0.913. The van der Waals surface area contributed by atoms with Crippen molar-refractivity contribution >= 4 is 50.7 Å². The number of carbonyl (C=O) groups is 2. The minimum Gasteiger partial charge on any atom is -0.355 e. The van der Waals surface area contributed by atoms with Crippen LogP contribution in [-0.2, 0) is 26.2 Å². The summed E-state index contributed by atoms with van der Waals surface area (Å²) in [5.74, 6) is -0.850. The zero-order valence-electron chi connectivity index (χ0n) is 18.2. The SMILES string of the molecule is CCNC(=O)C(CC)N(Cc1ccccc1Cl)C(=O)CN(c1cccc(Cl)c1)S(C)(=O)=O. The zero-order valence-corrected chi connectivity index (χ0v) is 20.5. The van der Waals surface area contributed by atoms with Crippen molar-refractivity contribution in [3.8, 4) is 0 Å². The number of nitrogens with zero attached hydrogens (tertiary/aromatic N) is 2. The van der Waals surface area contributed by atoms with Gasteiger partial charge in [0.25, 0.3) is 0 Å². The van der Waals surface area contributed by atoms with Crippen LogP contribution in [0.5, 0.6) is 0 Å². The zero-order chi connectivity index (χ0) is 23.9. The van der Waals surface area contributed by atoms with Crippen molar-refractivity contribution in [3.63, 3.8) is 0 Å². The molecule has 7 nitrogen and oxygen atoms in total. The summed E-state index contributed by atoms with van der Waals surface area (Å²) in [4.78, 5) is 27.5. The second-order valence-electron chi connectivity index (χ2n) is 7.18. The largest absolute Gasteiger partial charge is 0.355 e. The van der Waals surface area contributed by atoms with Gasteiger partial charge in [0.05, 0.1) is 11.9 Å². The van der Waals surface area contributed by atoms with Gasteiger partial charge in [-0.05, 0) is 43.2 Å². The van der Waals surface area contributed by atoms with Crippen LogP contribution in [0.1, 0.15) is 25.8 Å². The molecular formula is C22H27Cl2N3O4S.